The summed E-state index contributed by atoms with van der Waals surface area (Å²) >= 11 is 1.28. The zero-order valence-electron chi connectivity index (χ0n) is 19.6. The van der Waals surface area contributed by atoms with E-state index in [9.17, 15) is 9.59 Å². The number of carbonyl (C=O) groups excluding carboxylic acids is 2. The molecule has 0 saturated carbocycles. The molecule has 0 unspecified atom stereocenters. The molecule has 3 aromatic carbocycles. The van der Waals surface area contributed by atoms with Gasteiger partial charge in [0.25, 0.3) is 5.91 Å². The summed E-state index contributed by atoms with van der Waals surface area (Å²) in [7, 11) is 1.58. The van der Waals surface area contributed by atoms with E-state index in [2.05, 4.69) is 20.8 Å². The monoisotopic (exact) mass is 487 g/mol. The number of ether oxygens (including phenoxy) is 1. The van der Waals surface area contributed by atoms with Crippen LogP contribution in [0, 0.1) is 13.8 Å². The number of anilines is 2. The van der Waals surface area contributed by atoms with Gasteiger partial charge in [-0.3, -0.25) is 14.2 Å². The number of hydrogen-bond donors (Lipinski definition) is 2. The summed E-state index contributed by atoms with van der Waals surface area (Å²) < 4.78 is 7.06. The van der Waals surface area contributed by atoms with Gasteiger partial charge in [0.2, 0.25) is 5.91 Å². The third-order valence-electron chi connectivity index (χ3n) is 5.18. The second-order valence-electron chi connectivity index (χ2n) is 7.77. The molecule has 0 fully saturated rings. The number of aryl methyl sites for hydroxylation is 2. The average Bonchev–Trinajstić information content (AvgIpc) is 3.23. The van der Waals surface area contributed by atoms with Crippen molar-refractivity contribution >= 4 is 35.0 Å². The van der Waals surface area contributed by atoms with Gasteiger partial charge in [0.15, 0.2) is 5.16 Å². The van der Waals surface area contributed by atoms with E-state index in [1.807, 2.05) is 42.7 Å². The van der Waals surface area contributed by atoms with Crippen molar-refractivity contribution in [1.82, 2.24) is 14.8 Å². The summed E-state index contributed by atoms with van der Waals surface area (Å²) in [5, 5.41) is 14.7. The van der Waals surface area contributed by atoms with Gasteiger partial charge in [-0.1, -0.05) is 36.0 Å². The maximum absolute atomic E-state index is 12.9. The first-order chi connectivity index (χ1) is 16.9. The van der Waals surface area contributed by atoms with Gasteiger partial charge in [-0.2, -0.15) is 0 Å². The van der Waals surface area contributed by atoms with Crippen LogP contribution in [0.5, 0.6) is 5.75 Å². The molecule has 0 aliphatic rings. The van der Waals surface area contributed by atoms with Crippen molar-refractivity contribution in [3.8, 4) is 11.4 Å². The summed E-state index contributed by atoms with van der Waals surface area (Å²) in [6.45, 7) is 3.89. The molecule has 1 aromatic heterocycles. The van der Waals surface area contributed by atoms with Crippen LogP contribution < -0.4 is 15.4 Å². The summed E-state index contributed by atoms with van der Waals surface area (Å²) in [5.74, 6) is 0.962. The minimum Gasteiger partial charge on any atom is -0.497 e. The normalized spacial score (nSPS) is 10.6. The lowest BCUT2D eigenvalue weighted by Gasteiger charge is -2.12. The number of hydrogen-bond acceptors (Lipinski definition) is 6. The van der Waals surface area contributed by atoms with Crippen molar-refractivity contribution < 1.29 is 14.3 Å². The van der Waals surface area contributed by atoms with Gasteiger partial charge in [-0.25, -0.2) is 0 Å². The van der Waals surface area contributed by atoms with Gasteiger partial charge < -0.3 is 15.4 Å². The quantitative estimate of drug-likeness (QED) is 0.344. The van der Waals surface area contributed by atoms with Crippen LogP contribution in [0.4, 0.5) is 11.4 Å². The van der Waals surface area contributed by atoms with Crippen LogP contribution in [0.15, 0.2) is 78.0 Å². The number of amides is 2. The van der Waals surface area contributed by atoms with Crippen molar-refractivity contribution in [2.24, 2.45) is 0 Å². The molecule has 0 aliphatic carbocycles. The van der Waals surface area contributed by atoms with E-state index in [-0.39, 0.29) is 17.6 Å². The maximum Gasteiger partial charge on any atom is 0.257 e. The largest absolute Gasteiger partial charge is 0.497 e. The predicted octanol–water partition coefficient (Wildman–Crippen LogP) is 4.88. The number of nitrogens with one attached hydrogen (secondary N) is 2. The van der Waals surface area contributed by atoms with E-state index in [1.54, 1.807) is 55.6 Å². The number of nitrogens with zero attached hydrogens (tertiary/aromatic N) is 3. The number of methoxy groups -OCH3 is 1. The smallest absolute Gasteiger partial charge is 0.257 e. The minimum atomic E-state index is -0.325. The Labute approximate surface area is 207 Å². The lowest BCUT2D eigenvalue weighted by atomic mass is 10.1. The predicted molar refractivity (Wildman–Crippen MR) is 138 cm³/mol. The topological polar surface area (TPSA) is 98.1 Å². The van der Waals surface area contributed by atoms with E-state index in [1.165, 1.54) is 11.8 Å². The number of thioether (sulfide) groups is 1. The van der Waals surface area contributed by atoms with Gasteiger partial charge >= 0.3 is 0 Å². The SMILES string of the molecule is COc1ccc(NC(=O)c2ccccc2NC(=O)CSc2nnc(C)n2-c2cccc(C)c2)cc1. The summed E-state index contributed by atoms with van der Waals surface area (Å²) in [5.41, 5.74) is 3.48. The molecule has 4 aromatic rings. The van der Waals surface area contributed by atoms with E-state index in [0.29, 0.717) is 27.8 Å². The van der Waals surface area contributed by atoms with Crippen LogP contribution in [-0.4, -0.2) is 39.4 Å². The van der Waals surface area contributed by atoms with Crippen molar-refractivity contribution in [2.75, 3.05) is 23.5 Å². The Balaban J connectivity index is 1.43. The fraction of sp³-hybridized carbons (Fsp3) is 0.154. The fourth-order valence-electron chi connectivity index (χ4n) is 3.48. The first-order valence-electron chi connectivity index (χ1n) is 10.9. The second kappa shape index (κ2) is 10.9. The molecular weight excluding hydrogens is 462 g/mol. The Bertz CT molecular complexity index is 1350. The van der Waals surface area contributed by atoms with Gasteiger partial charge in [0.1, 0.15) is 11.6 Å². The van der Waals surface area contributed by atoms with Gasteiger partial charge in [0.05, 0.1) is 24.1 Å². The first-order valence-corrected chi connectivity index (χ1v) is 11.9. The van der Waals surface area contributed by atoms with Gasteiger partial charge in [-0.05, 0) is 67.9 Å². The van der Waals surface area contributed by atoms with E-state index >= 15 is 0 Å². The molecular formula is C26H25N5O3S. The molecule has 0 saturated heterocycles. The third-order valence-corrected chi connectivity index (χ3v) is 6.11. The summed E-state index contributed by atoms with van der Waals surface area (Å²) in [6.07, 6.45) is 0. The van der Waals surface area contributed by atoms with Crippen molar-refractivity contribution in [3.63, 3.8) is 0 Å². The van der Waals surface area contributed by atoms with Crippen LogP contribution in [0.1, 0.15) is 21.7 Å². The van der Waals surface area contributed by atoms with Crippen molar-refractivity contribution in [2.45, 2.75) is 19.0 Å². The average molecular weight is 488 g/mol. The molecule has 2 N–H and O–H groups in total. The number of aromatic nitrogens is 3. The molecule has 4 rings (SSSR count). The van der Waals surface area contributed by atoms with Crippen molar-refractivity contribution in [1.29, 1.82) is 0 Å². The third kappa shape index (κ3) is 5.88. The second-order valence-corrected chi connectivity index (χ2v) is 8.71. The Kier molecular flexibility index (Phi) is 7.47. The number of para-hydroxylation sites is 1. The molecule has 0 bridgehead atoms. The molecule has 35 heavy (non-hydrogen) atoms. The lowest BCUT2D eigenvalue weighted by Crippen LogP contribution is -2.19. The number of carbonyl (C=O) groups is 2. The van der Waals surface area contributed by atoms with Crippen molar-refractivity contribution in [3.05, 3.63) is 89.7 Å². The van der Waals surface area contributed by atoms with Crippen LogP contribution in [0.3, 0.4) is 0 Å². The molecule has 178 valence electrons. The Morgan fingerprint density at radius 1 is 0.943 bits per heavy atom. The maximum atomic E-state index is 12.9. The minimum absolute atomic E-state index is 0.110. The van der Waals surface area contributed by atoms with Crippen LogP contribution >= 0.6 is 11.8 Å². The molecule has 0 spiro atoms. The molecule has 0 radical (unpaired) electrons. The zero-order chi connectivity index (χ0) is 24.8. The molecule has 2 amide bonds. The molecule has 0 aliphatic heterocycles. The highest BCUT2D eigenvalue weighted by atomic mass is 32.2. The fourth-order valence-corrected chi connectivity index (χ4v) is 4.28. The molecule has 0 atom stereocenters. The Morgan fingerprint density at radius 3 is 2.46 bits per heavy atom. The van der Waals surface area contributed by atoms with E-state index < -0.39 is 0 Å². The Hall–Kier alpha value is -4.11. The molecule has 1 heterocycles. The van der Waals surface area contributed by atoms with Gasteiger partial charge in [-0.15, -0.1) is 10.2 Å². The van der Waals surface area contributed by atoms with Crippen LogP contribution in [0.2, 0.25) is 0 Å². The lowest BCUT2D eigenvalue weighted by molar-refractivity contribution is -0.113. The summed E-state index contributed by atoms with van der Waals surface area (Å²) in [6, 6.07) is 21.9. The molecule has 8 nitrogen and oxygen atoms in total. The standard InChI is InChI=1S/C26H25N5O3S/c1-17-7-6-8-20(15-17)31-18(2)29-30-26(31)35-16-24(32)28-23-10-5-4-9-22(23)25(33)27-19-11-13-21(34-3)14-12-19/h4-15H,16H2,1-3H3,(H,27,33)(H,28,32). The highest BCUT2D eigenvalue weighted by Gasteiger charge is 2.16. The number of rotatable bonds is 8. The molecule has 9 heteroatoms. The highest BCUT2D eigenvalue weighted by molar-refractivity contribution is 7.99. The summed E-state index contributed by atoms with van der Waals surface area (Å²) in [4.78, 5) is 25.6. The first kappa shape index (κ1) is 24.0. The number of benzene rings is 3. The van der Waals surface area contributed by atoms with Crippen LogP contribution in [0.25, 0.3) is 5.69 Å². The zero-order valence-corrected chi connectivity index (χ0v) is 20.4. The van der Waals surface area contributed by atoms with E-state index in [4.69, 9.17) is 4.74 Å². The Morgan fingerprint density at radius 2 is 1.71 bits per heavy atom. The van der Waals surface area contributed by atoms with Gasteiger partial charge in [0, 0.05) is 11.4 Å². The van der Waals surface area contributed by atoms with E-state index in [0.717, 1.165) is 17.1 Å². The van der Waals surface area contributed by atoms with Crippen LogP contribution in [-0.2, 0) is 4.79 Å². The highest BCUT2D eigenvalue weighted by Crippen LogP contribution is 2.24.